The van der Waals surface area contributed by atoms with Crippen LogP contribution in [0.5, 0.6) is 5.75 Å². The minimum atomic E-state index is -0.629. The molecule has 3 N–H and O–H groups in total. The van der Waals surface area contributed by atoms with E-state index >= 15 is 0 Å². The first-order chi connectivity index (χ1) is 18.7. The van der Waals surface area contributed by atoms with Crippen molar-refractivity contribution < 1.29 is 23.9 Å². The Labute approximate surface area is 242 Å². The molecule has 39 heavy (non-hydrogen) atoms. The molecule has 3 rings (SSSR count). The van der Waals surface area contributed by atoms with E-state index in [1.54, 1.807) is 75.7 Å². The zero-order valence-corrected chi connectivity index (χ0v) is 24.7. The van der Waals surface area contributed by atoms with Crippen LogP contribution >= 0.6 is 39.0 Å². The van der Waals surface area contributed by atoms with E-state index in [-0.39, 0.29) is 32.7 Å². The van der Waals surface area contributed by atoms with Gasteiger partial charge in [0, 0.05) is 15.8 Å². The van der Waals surface area contributed by atoms with E-state index in [0.717, 1.165) is 27.6 Å². The normalized spacial score (nSPS) is 11.1. The average Bonchev–Trinajstić information content (AvgIpc) is 3.26. The summed E-state index contributed by atoms with van der Waals surface area (Å²) >= 11 is 5.48. The fourth-order valence-electron chi connectivity index (χ4n) is 3.38. The van der Waals surface area contributed by atoms with Gasteiger partial charge in [-0.2, -0.15) is 5.26 Å². The highest BCUT2D eigenvalue weighted by molar-refractivity contribution is 9.10. The second-order valence-corrected chi connectivity index (χ2v) is 10.5. The van der Waals surface area contributed by atoms with Gasteiger partial charge in [0.25, 0.3) is 11.8 Å². The van der Waals surface area contributed by atoms with Crippen molar-refractivity contribution in [1.82, 2.24) is 0 Å². The highest BCUT2D eigenvalue weighted by Gasteiger charge is 2.27. The largest absolute Gasteiger partial charge is 0.497 e. The molecule has 2 aromatic carbocycles. The fraction of sp³-hybridized carbons (Fsp3) is 0.185. The van der Waals surface area contributed by atoms with Gasteiger partial charge >= 0.3 is 5.97 Å². The van der Waals surface area contributed by atoms with Gasteiger partial charge in [0.15, 0.2) is 0 Å². The SMILES string of the molecule is CCOC(=O)c1c(N/C(SC)=C(/C#N)C(=O)Nc2ccc(Br)cc2)sc(C(=O)Nc2ccc(OC)cc2)c1C. The van der Waals surface area contributed by atoms with Crippen LogP contribution in [0.15, 0.2) is 63.6 Å². The molecule has 0 fully saturated rings. The molecule has 0 bridgehead atoms. The van der Waals surface area contributed by atoms with Gasteiger partial charge in [-0.05, 0) is 74.2 Å². The van der Waals surface area contributed by atoms with Gasteiger partial charge < -0.3 is 25.4 Å². The summed E-state index contributed by atoms with van der Waals surface area (Å²) in [5.41, 5.74) is 1.43. The average molecular weight is 630 g/mol. The quantitative estimate of drug-likeness (QED) is 0.133. The fourth-order valence-corrected chi connectivity index (χ4v) is 5.35. The molecule has 0 saturated heterocycles. The van der Waals surface area contributed by atoms with Crippen molar-refractivity contribution in [2.24, 2.45) is 0 Å². The number of methoxy groups -OCH3 is 1. The Balaban J connectivity index is 1.97. The van der Waals surface area contributed by atoms with E-state index in [0.29, 0.717) is 22.7 Å². The molecule has 0 atom stereocenters. The smallest absolute Gasteiger partial charge is 0.341 e. The number of hydrogen-bond acceptors (Lipinski definition) is 9. The van der Waals surface area contributed by atoms with Crippen LogP contribution in [0, 0.1) is 18.3 Å². The lowest BCUT2D eigenvalue weighted by molar-refractivity contribution is -0.112. The number of amides is 2. The third kappa shape index (κ3) is 7.41. The predicted octanol–water partition coefficient (Wildman–Crippen LogP) is 6.41. The monoisotopic (exact) mass is 628 g/mol. The number of anilines is 3. The summed E-state index contributed by atoms with van der Waals surface area (Å²) < 4.78 is 11.2. The van der Waals surface area contributed by atoms with Crippen molar-refractivity contribution in [3.8, 4) is 11.8 Å². The topological polar surface area (TPSA) is 130 Å². The zero-order chi connectivity index (χ0) is 28.5. The predicted molar refractivity (Wildman–Crippen MR) is 159 cm³/mol. The molecule has 202 valence electrons. The number of halogens is 1. The molecule has 2 amide bonds. The summed E-state index contributed by atoms with van der Waals surface area (Å²) in [6.07, 6.45) is 1.69. The van der Waals surface area contributed by atoms with Crippen molar-refractivity contribution in [3.05, 3.63) is 79.6 Å². The van der Waals surface area contributed by atoms with E-state index in [1.807, 2.05) is 6.07 Å². The van der Waals surface area contributed by atoms with Gasteiger partial charge in [0.2, 0.25) is 0 Å². The van der Waals surface area contributed by atoms with E-state index in [4.69, 9.17) is 9.47 Å². The number of benzene rings is 2. The highest BCUT2D eigenvalue weighted by Crippen LogP contribution is 2.37. The maximum atomic E-state index is 13.2. The van der Waals surface area contributed by atoms with Gasteiger partial charge in [-0.15, -0.1) is 23.1 Å². The standard InChI is InChI=1S/C27H25BrN4O5S2/c1-5-37-27(35)21-15(2)22(24(34)31-18-10-12-19(36-3)13-11-18)39-26(21)32-25(38-4)20(14-29)23(33)30-17-8-6-16(28)7-9-17/h6-13,32H,5H2,1-4H3,(H,30,33)(H,31,34)/b25-20+. The first-order valence-electron chi connectivity index (χ1n) is 11.5. The Morgan fingerprint density at radius 1 is 1.03 bits per heavy atom. The second kappa shape index (κ2) is 13.8. The van der Waals surface area contributed by atoms with Gasteiger partial charge in [-0.1, -0.05) is 15.9 Å². The number of thioether (sulfide) groups is 1. The Morgan fingerprint density at radius 3 is 2.21 bits per heavy atom. The molecular formula is C27H25BrN4O5S2. The third-order valence-electron chi connectivity index (χ3n) is 5.28. The summed E-state index contributed by atoms with van der Waals surface area (Å²) in [6.45, 7) is 3.45. The number of carbonyl (C=O) groups excluding carboxylic acids is 3. The Morgan fingerprint density at radius 2 is 1.64 bits per heavy atom. The number of ether oxygens (including phenoxy) is 2. The summed E-state index contributed by atoms with van der Waals surface area (Å²) in [5.74, 6) is -1.04. The summed E-state index contributed by atoms with van der Waals surface area (Å²) in [7, 11) is 1.55. The van der Waals surface area contributed by atoms with Crippen LogP contribution in [0.1, 0.15) is 32.5 Å². The first kappa shape index (κ1) is 29.8. The van der Waals surface area contributed by atoms with Crippen molar-refractivity contribution in [2.45, 2.75) is 13.8 Å². The first-order valence-corrected chi connectivity index (χ1v) is 14.3. The summed E-state index contributed by atoms with van der Waals surface area (Å²) in [5, 5.41) is 18.8. The van der Waals surface area contributed by atoms with Crippen molar-refractivity contribution >= 4 is 73.2 Å². The molecule has 9 nitrogen and oxygen atoms in total. The molecule has 0 spiro atoms. The number of nitrogens with one attached hydrogen (secondary N) is 3. The number of thiophene rings is 1. The Hall–Kier alpha value is -3.79. The number of hydrogen-bond donors (Lipinski definition) is 3. The molecule has 1 heterocycles. The lowest BCUT2D eigenvalue weighted by atomic mass is 10.1. The van der Waals surface area contributed by atoms with Crippen LogP contribution in [0.3, 0.4) is 0 Å². The molecule has 0 unspecified atom stereocenters. The minimum Gasteiger partial charge on any atom is -0.497 e. The Kier molecular flexibility index (Phi) is 10.6. The molecule has 0 aliphatic heterocycles. The zero-order valence-electron chi connectivity index (χ0n) is 21.5. The van der Waals surface area contributed by atoms with Crippen LogP contribution in [-0.4, -0.2) is 37.8 Å². The molecule has 0 radical (unpaired) electrons. The third-order valence-corrected chi connectivity index (χ3v) is 7.73. The van der Waals surface area contributed by atoms with Gasteiger partial charge in [0.05, 0.1) is 29.2 Å². The van der Waals surface area contributed by atoms with Crippen molar-refractivity contribution in [3.63, 3.8) is 0 Å². The molecule has 1 aromatic heterocycles. The van der Waals surface area contributed by atoms with E-state index in [1.165, 1.54) is 0 Å². The summed E-state index contributed by atoms with van der Waals surface area (Å²) in [6, 6.07) is 15.7. The molecule has 0 aliphatic rings. The molecule has 0 aliphatic carbocycles. The van der Waals surface area contributed by atoms with Crippen LogP contribution in [-0.2, 0) is 9.53 Å². The Bertz CT molecular complexity index is 1440. The maximum Gasteiger partial charge on any atom is 0.341 e. The molecular weight excluding hydrogens is 604 g/mol. The van der Waals surface area contributed by atoms with Crippen LogP contribution in [0.2, 0.25) is 0 Å². The number of esters is 1. The van der Waals surface area contributed by atoms with E-state index in [9.17, 15) is 19.6 Å². The lowest BCUT2D eigenvalue weighted by Crippen LogP contribution is -2.17. The van der Waals surface area contributed by atoms with E-state index in [2.05, 4.69) is 31.9 Å². The van der Waals surface area contributed by atoms with Crippen LogP contribution < -0.4 is 20.7 Å². The number of nitrogens with zero attached hydrogens (tertiary/aromatic N) is 1. The van der Waals surface area contributed by atoms with Crippen LogP contribution in [0.25, 0.3) is 0 Å². The summed E-state index contributed by atoms with van der Waals surface area (Å²) in [4.78, 5) is 39.3. The highest BCUT2D eigenvalue weighted by atomic mass is 79.9. The van der Waals surface area contributed by atoms with Gasteiger partial charge in [-0.3, -0.25) is 9.59 Å². The number of rotatable bonds is 10. The number of nitriles is 1. The van der Waals surface area contributed by atoms with Gasteiger partial charge in [0.1, 0.15) is 22.4 Å². The van der Waals surface area contributed by atoms with Crippen LogP contribution in [0.4, 0.5) is 16.4 Å². The minimum absolute atomic E-state index is 0.130. The van der Waals surface area contributed by atoms with E-state index < -0.39 is 17.8 Å². The molecule has 0 saturated carbocycles. The van der Waals surface area contributed by atoms with Crippen molar-refractivity contribution in [2.75, 3.05) is 35.9 Å². The van der Waals surface area contributed by atoms with Gasteiger partial charge in [-0.25, -0.2) is 4.79 Å². The molecule has 12 heteroatoms. The maximum absolute atomic E-state index is 13.2. The van der Waals surface area contributed by atoms with Crippen molar-refractivity contribution in [1.29, 1.82) is 5.26 Å². The molecule has 3 aromatic rings. The number of carbonyl (C=O) groups is 3. The lowest BCUT2D eigenvalue weighted by Gasteiger charge is -2.12. The second-order valence-electron chi connectivity index (χ2n) is 7.77.